The van der Waals surface area contributed by atoms with Gasteiger partial charge in [0.2, 0.25) is 0 Å². The summed E-state index contributed by atoms with van der Waals surface area (Å²) in [5, 5.41) is 16.5. The summed E-state index contributed by atoms with van der Waals surface area (Å²) in [5.74, 6) is 2.51. The molecule has 0 spiro atoms. The number of aryl methyl sites for hydroxylation is 2. The number of halogens is 1. The third-order valence-corrected chi connectivity index (χ3v) is 5.78. The molecule has 3 aromatic rings. The molecule has 31 heavy (non-hydrogen) atoms. The Morgan fingerprint density at radius 3 is 2.84 bits per heavy atom. The maximum Gasteiger partial charge on any atom is 0.191 e. The molecule has 1 atom stereocenters. The molecule has 3 heterocycles. The highest BCUT2D eigenvalue weighted by atomic mass is 127. The molecule has 2 aromatic heterocycles. The van der Waals surface area contributed by atoms with Crippen molar-refractivity contribution >= 4 is 40.8 Å². The van der Waals surface area contributed by atoms with E-state index in [2.05, 4.69) is 57.0 Å². The summed E-state index contributed by atoms with van der Waals surface area (Å²) in [6.07, 6.45) is 3.39. The summed E-state index contributed by atoms with van der Waals surface area (Å²) in [6, 6.07) is 8.45. The lowest BCUT2D eigenvalue weighted by Crippen LogP contribution is -2.42. The van der Waals surface area contributed by atoms with Crippen LogP contribution in [-0.2, 0) is 24.8 Å². The molecule has 0 radical (unpaired) electrons. The number of hydrogen-bond donors (Lipinski definition) is 3. The van der Waals surface area contributed by atoms with Crippen LogP contribution in [0.3, 0.4) is 0 Å². The summed E-state index contributed by atoms with van der Waals surface area (Å²) < 4.78 is 7.71. The van der Waals surface area contributed by atoms with Gasteiger partial charge in [-0.3, -0.25) is 0 Å². The topological polar surface area (TPSA) is 92.2 Å². The van der Waals surface area contributed by atoms with Gasteiger partial charge in [0, 0.05) is 43.3 Å². The molecule has 9 heteroatoms. The van der Waals surface area contributed by atoms with Crippen molar-refractivity contribution in [2.24, 2.45) is 12.0 Å². The molecule has 0 bridgehead atoms. The van der Waals surface area contributed by atoms with Gasteiger partial charge in [-0.15, -0.1) is 34.2 Å². The van der Waals surface area contributed by atoms with Crippen molar-refractivity contribution in [2.75, 3.05) is 19.7 Å². The Labute approximate surface area is 200 Å². The molecule has 1 aliphatic heterocycles. The zero-order valence-electron chi connectivity index (χ0n) is 18.4. The molecular weight excluding hydrogens is 505 g/mol. The molecule has 1 fully saturated rings. The van der Waals surface area contributed by atoms with Gasteiger partial charge in [0.15, 0.2) is 11.8 Å². The normalized spacial score (nSPS) is 16.5. The third-order valence-electron chi connectivity index (χ3n) is 5.78. The molecule has 0 aliphatic carbocycles. The average molecular weight is 537 g/mol. The molecule has 0 amide bonds. The van der Waals surface area contributed by atoms with Gasteiger partial charge in [-0.05, 0) is 44.7 Å². The number of nitrogens with one attached hydrogen (secondary N) is 3. The number of guanidine groups is 1. The SMILES string of the molecule is Cc1[nH]c2ccccc2c1CCNC(=NCc1nnc(C)n1C)NCC1CCCO1.I. The van der Waals surface area contributed by atoms with Crippen molar-refractivity contribution in [1.29, 1.82) is 0 Å². The second kappa shape index (κ2) is 10.9. The van der Waals surface area contributed by atoms with Gasteiger partial charge >= 0.3 is 0 Å². The number of para-hydroxylation sites is 1. The number of nitrogens with zero attached hydrogens (tertiary/aromatic N) is 4. The number of fused-ring (bicyclic) bond motifs is 1. The van der Waals surface area contributed by atoms with Crippen molar-refractivity contribution < 1.29 is 4.74 Å². The Morgan fingerprint density at radius 2 is 2.10 bits per heavy atom. The first-order valence-electron chi connectivity index (χ1n) is 10.7. The van der Waals surface area contributed by atoms with Crippen LogP contribution < -0.4 is 10.6 Å². The average Bonchev–Trinajstić information content (AvgIpc) is 3.45. The maximum atomic E-state index is 5.74. The second-order valence-electron chi connectivity index (χ2n) is 7.85. The minimum Gasteiger partial charge on any atom is -0.376 e. The standard InChI is InChI=1S/C22H31N7O.HI/c1-15-18(19-8-4-5-9-20(19)26-15)10-11-23-22(24-13-17-7-6-12-30-17)25-14-21-28-27-16(2)29(21)3;/h4-5,8-9,17,26H,6-7,10-14H2,1-3H3,(H2,23,24,25);1H. The maximum absolute atomic E-state index is 5.74. The minimum absolute atomic E-state index is 0. The first-order chi connectivity index (χ1) is 14.6. The third kappa shape index (κ3) is 5.76. The van der Waals surface area contributed by atoms with Crippen LogP contribution in [-0.4, -0.2) is 51.5 Å². The predicted molar refractivity (Wildman–Crippen MR) is 134 cm³/mol. The fourth-order valence-corrected chi connectivity index (χ4v) is 3.89. The zero-order chi connectivity index (χ0) is 20.9. The van der Waals surface area contributed by atoms with Gasteiger partial charge < -0.3 is 24.9 Å². The van der Waals surface area contributed by atoms with E-state index >= 15 is 0 Å². The van der Waals surface area contributed by atoms with E-state index in [9.17, 15) is 0 Å². The molecule has 1 aliphatic rings. The van der Waals surface area contributed by atoms with Gasteiger partial charge in [-0.2, -0.15) is 0 Å². The van der Waals surface area contributed by atoms with Gasteiger partial charge in [0.05, 0.1) is 6.10 Å². The first-order valence-corrected chi connectivity index (χ1v) is 10.7. The number of aromatic nitrogens is 4. The molecule has 8 nitrogen and oxygen atoms in total. The second-order valence-corrected chi connectivity index (χ2v) is 7.85. The van der Waals surface area contributed by atoms with E-state index in [-0.39, 0.29) is 30.1 Å². The Kier molecular flexibility index (Phi) is 8.30. The lowest BCUT2D eigenvalue weighted by molar-refractivity contribution is 0.114. The summed E-state index contributed by atoms with van der Waals surface area (Å²) >= 11 is 0. The summed E-state index contributed by atoms with van der Waals surface area (Å²) in [5.41, 5.74) is 3.76. The first kappa shape index (κ1) is 23.5. The molecule has 1 aromatic carbocycles. The van der Waals surface area contributed by atoms with Crippen molar-refractivity contribution in [2.45, 2.75) is 45.8 Å². The molecule has 1 unspecified atom stereocenters. The monoisotopic (exact) mass is 537 g/mol. The largest absolute Gasteiger partial charge is 0.376 e. The van der Waals surface area contributed by atoms with E-state index in [1.165, 1.54) is 22.2 Å². The zero-order valence-corrected chi connectivity index (χ0v) is 20.8. The Hall–Kier alpha value is -2.14. The van der Waals surface area contributed by atoms with Crippen molar-refractivity contribution in [3.05, 3.63) is 47.2 Å². The van der Waals surface area contributed by atoms with E-state index in [0.717, 1.165) is 56.6 Å². The molecular formula is C22H32IN7O. The number of hydrogen-bond acceptors (Lipinski definition) is 4. The lowest BCUT2D eigenvalue weighted by atomic mass is 10.1. The van der Waals surface area contributed by atoms with Gasteiger partial charge in [-0.25, -0.2) is 4.99 Å². The fraction of sp³-hybridized carbons (Fsp3) is 0.500. The minimum atomic E-state index is 0. The van der Waals surface area contributed by atoms with Crippen LogP contribution in [0.1, 0.15) is 35.7 Å². The van der Waals surface area contributed by atoms with Crippen LogP contribution in [0.4, 0.5) is 0 Å². The molecule has 4 rings (SSSR count). The van der Waals surface area contributed by atoms with Crippen molar-refractivity contribution in [1.82, 2.24) is 30.4 Å². The highest BCUT2D eigenvalue weighted by molar-refractivity contribution is 14.0. The molecule has 0 saturated carbocycles. The van der Waals surface area contributed by atoms with Crippen LogP contribution in [0.2, 0.25) is 0 Å². The van der Waals surface area contributed by atoms with Gasteiger partial charge in [0.1, 0.15) is 12.4 Å². The van der Waals surface area contributed by atoms with Gasteiger partial charge in [-0.1, -0.05) is 18.2 Å². The highest BCUT2D eigenvalue weighted by Crippen LogP contribution is 2.21. The Balaban J connectivity index is 0.00000272. The van der Waals surface area contributed by atoms with E-state index in [0.29, 0.717) is 6.54 Å². The summed E-state index contributed by atoms with van der Waals surface area (Å²) in [6.45, 7) is 6.96. The van der Waals surface area contributed by atoms with Gasteiger partial charge in [0.25, 0.3) is 0 Å². The van der Waals surface area contributed by atoms with Crippen molar-refractivity contribution in [3.63, 3.8) is 0 Å². The predicted octanol–water partition coefficient (Wildman–Crippen LogP) is 2.99. The fourth-order valence-electron chi connectivity index (χ4n) is 3.89. The highest BCUT2D eigenvalue weighted by Gasteiger charge is 2.16. The van der Waals surface area contributed by atoms with Crippen LogP contribution in [0, 0.1) is 13.8 Å². The van der Waals surface area contributed by atoms with Crippen LogP contribution >= 0.6 is 24.0 Å². The molecule has 3 N–H and O–H groups in total. The summed E-state index contributed by atoms with van der Waals surface area (Å²) in [7, 11) is 1.97. The van der Waals surface area contributed by atoms with Crippen molar-refractivity contribution in [3.8, 4) is 0 Å². The molecule has 168 valence electrons. The van der Waals surface area contributed by atoms with E-state index in [4.69, 9.17) is 9.73 Å². The van der Waals surface area contributed by atoms with E-state index in [1.54, 1.807) is 0 Å². The number of H-pyrrole nitrogens is 1. The number of ether oxygens (including phenoxy) is 1. The van der Waals surface area contributed by atoms with E-state index in [1.807, 2.05) is 18.5 Å². The quantitative estimate of drug-likeness (QED) is 0.245. The number of rotatable bonds is 7. The Bertz CT molecular complexity index is 1020. The van der Waals surface area contributed by atoms with Crippen LogP contribution in [0.5, 0.6) is 0 Å². The smallest absolute Gasteiger partial charge is 0.191 e. The number of aliphatic imine (C=N–C) groups is 1. The molecule has 1 saturated heterocycles. The van der Waals surface area contributed by atoms with Crippen LogP contribution in [0.15, 0.2) is 29.3 Å². The van der Waals surface area contributed by atoms with E-state index < -0.39 is 0 Å². The Morgan fingerprint density at radius 1 is 1.26 bits per heavy atom. The number of benzene rings is 1. The lowest BCUT2D eigenvalue weighted by Gasteiger charge is -2.16. The van der Waals surface area contributed by atoms with Crippen LogP contribution in [0.25, 0.3) is 10.9 Å². The summed E-state index contributed by atoms with van der Waals surface area (Å²) in [4.78, 5) is 8.21. The number of aromatic amines is 1.